The van der Waals surface area contributed by atoms with E-state index in [1.165, 1.54) is 128 Å². The molecule has 0 amide bonds. The second-order valence-corrected chi connectivity index (χ2v) is 18.5. The largest absolute Gasteiger partial charge is 0.311 e. The van der Waals surface area contributed by atoms with Crippen LogP contribution in [0.4, 0.5) is 34.1 Å². The van der Waals surface area contributed by atoms with Crippen LogP contribution in [0.5, 0.6) is 0 Å². The van der Waals surface area contributed by atoms with E-state index in [-0.39, 0.29) is 6.71 Å². The highest BCUT2D eigenvalue weighted by atomic mass is 15.2. The highest BCUT2D eigenvalue weighted by molar-refractivity contribution is 7.00. The summed E-state index contributed by atoms with van der Waals surface area (Å²) in [5.41, 5.74) is 26.0. The van der Waals surface area contributed by atoms with E-state index in [1.54, 1.807) is 0 Å². The van der Waals surface area contributed by atoms with Crippen LogP contribution >= 0.6 is 0 Å². The van der Waals surface area contributed by atoms with E-state index in [0.717, 1.165) is 11.4 Å². The molecule has 2 aromatic heterocycles. The molecule has 0 atom stereocenters. The lowest BCUT2D eigenvalue weighted by molar-refractivity contribution is 1.15. The van der Waals surface area contributed by atoms with Gasteiger partial charge in [0.05, 0.1) is 33.4 Å². The van der Waals surface area contributed by atoms with Crippen LogP contribution in [0, 0.1) is 41.5 Å². The molecule has 0 fully saturated rings. The monoisotopic (exact) mass is 834 g/mol. The molecule has 0 saturated heterocycles. The van der Waals surface area contributed by atoms with E-state index in [4.69, 9.17) is 0 Å². The molecule has 4 nitrogen and oxygen atoms in total. The second-order valence-electron chi connectivity index (χ2n) is 18.5. The average molecular weight is 835 g/mol. The second kappa shape index (κ2) is 13.9. The third-order valence-electron chi connectivity index (χ3n) is 14.4. The molecule has 11 aromatic rings. The average Bonchev–Trinajstić information content (AvgIpc) is 3.82. The van der Waals surface area contributed by atoms with Gasteiger partial charge in [-0.1, -0.05) is 126 Å². The Morgan fingerprint density at radius 2 is 0.662 bits per heavy atom. The first-order valence-electron chi connectivity index (χ1n) is 22.9. The Hall–Kier alpha value is -7.76. The molecule has 65 heavy (non-hydrogen) atoms. The maximum atomic E-state index is 2.59. The first kappa shape index (κ1) is 37.8. The van der Waals surface area contributed by atoms with Gasteiger partial charge in [-0.3, -0.25) is 0 Å². The van der Waals surface area contributed by atoms with Crippen LogP contribution in [0.25, 0.3) is 55.0 Å². The zero-order chi connectivity index (χ0) is 43.8. The Bertz CT molecular complexity index is 3430. The fourth-order valence-electron chi connectivity index (χ4n) is 12.1. The zero-order valence-corrected chi connectivity index (χ0v) is 37.6. The van der Waals surface area contributed by atoms with Crippen LogP contribution in [0.1, 0.15) is 33.4 Å². The summed E-state index contributed by atoms with van der Waals surface area (Å²) in [5.74, 6) is 0. The van der Waals surface area contributed by atoms with Gasteiger partial charge >= 0.3 is 0 Å². The van der Waals surface area contributed by atoms with Crippen molar-refractivity contribution >= 4 is 101 Å². The van der Waals surface area contributed by atoms with E-state index < -0.39 is 0 Å². The summed E-state index contributed by atoms with van der Waals surface area (Å²) in [4.78, 5) is 5.19. The summed E-state index contributed by atoms with van der Waals surface area (Å²) in [5, 5.41) is 5.06. The Labute approximate surface area is 380 Å². The summed E-state index contributed by atoms with van der Waals surface area (Å²) in [6.45, 7) is 13.5. The van der Waals surface area contributed by atoms with E-state index in [0.29, 0.717) is 0 Å². The van der Waals surface area contributed by atoms with Crippen LogP contribution in [0.3, 0.4) is 0 Å². The number of para-hydroxylation sites is 4. The van der Waals surface area contributed by atoms with E-state index in [9.17, 15) is 0 Å². The van der Waals surface area contributed by atoms with Gasteiger partial charge in [0.1, 0.15) is 0 Å². The number of aromatic nitrogens is 2. The SMILES string of the molecule is Cc1cc(C)c(N2c3cc(-n4c5ccccc5c5ccccc54)ccc3B3c4ccc(-n5c6ccccc6c6ccccc65)cc4N(c4c(C)cc(C)cc4C)c4cccc2c43)c(C)c1. The van der Waals surface area contributed by atoms with E-state index in [1.807, 2.05) is 0 Å². The molecule has 2 aliphatic heterocycles. The van der Waals surface area contributed by atoms with E-state index in [2.05, 4.69) is 236 Å². The molecule has 310 valence electrons. The Morgan fingerprint density at radius 1 is 0.323 bits per heavy atom. The van der Waals surface area contributed by atoms with Crippen molar-refractivity contribution in [2.45, 2.75) is 41.5 Å². The van der Waals surface area contributed by atoms with Crippen LogP contribution in [0.2, 0.25) is 0 Å². The molecule has 13 rings (SSSR count). The third kappa shape index (κ3) is 5.33. The molecular weight excluding hydrogens is 787 g/mol. The van der Waals surface area contributed by atoms with Crippen molar-refractivity contribution in [3.63, 3.8) is 0 Å². The minimum atomic E-state index is -0.0183. The zero-order valence-electron chi connectivity index (χ0n) is 37.6. The van der Waals surface area contributed by atoms with Crippen molar-refractivity contribution in [3.8, 4) is 11.4 Å². The fraction of sp³-hybridized carbons (Fsp3) is 0.100. The lowest BCUT2D eigenvalue weighted by Crippen LogP contribution is -2.61. The number of hydrogen-bond donors (Lipinski definition) is 0. The number of nitrogens with zero attached hydrogens (tertiary/aromatic N) is 4. The molecule has 0 saturated carbocycles. The molecule has 0 N–H and O–H groups in total. The predicted octanol–water partition coefficient (Wildman–Crippen LogP) is 13.8. The Kier molecular flexibility index (Phi) is 8.06. The molecule has 0 unspecified atom stereocenters. The molecule has 5 heteroatoms. The van der Waals surface area contributed by atoms with Crippen molar-refractivity contribution in [1.29, 1.82) is 0 Å². The molecular formula is C60H47BN4. The predicted molar refractivity (Wildman–Crippen MR) is 278 cm³/mol. The fourth-order valence-corrected chi connectivity index (χ4v) is 12.1. The lowest BCUT2D eigenvalue weighted by Gasteiger charge is -2.45. The number of benzene rings is 9. The van der Waals surface area contributed by atoms with Crippen LogP contribution < -0.4 is 26.2 Å². The summed E-state index contributed by atoms with van der Waals surface area (Å²) < 4.78 is 4.92. The molecule has 4 heterocycles. The maximum absolute atomic E-state index is 2.59. The number of aryl methyl sites for hydroxylation is 6. The van der Waals surface area contributed by atoms with Crippen molar-refractivity contribution in [3.05, 3.63) is 209 Å². The normalized spacial score (nSPS) is 13.0. The van der Waals surface area contributed by atoms with Crippen molar-refractivity contribution in [2.75, 3.05) is 9.80 Å². The van der Waals surface area contributed by atoms with Crippen molar-refractivity contribution in [1.82, 2.24) is 9.13 Å². The van der Waals surface area contributed by atoms with Crippen LogP contribution in [-0.2, 0) is 0 Å². The quantitative estimate of drug-likeness (QED) is 0.164. The first-order chi connectivity index (χ1) is 31.7. The number of fused-ring (bicyclic) bond motifs is 10. The Balaban J connectivity index is 1.13. The van der Waals surface area contributed by atoms with Gasteiger partial charge in [-0.05, 0) is 141 Å². The molecule has 2 aliphatic rings. The number of hydrogen-bond acceptors (Lipinski definition) is 2. The lowest BCUT2D eigenvalue weighted by atomic mass is 9.33. The molecule has 9 aromatic carbocycles. The number of rotatable bonds is 4. The standard InChI is InChI=1S/C60H47BN4/c1-36-30-38(3)59(39(4)31-36)64-54-24-15-25-55-58(54)61(48-28-26-42(34-56(48)64)62-50-20-11-7-16-44(50)45-17-8-12-21-51(45)62)49-29-27-43(35-57(49)65(55)60-40(5)32-37(2)33-41(60)6)63-52-22-13-9-18-46(52)47-19-10-14-23-53(47)63/h7-35H,1-6H3. The first-order valence-corrected chi connectivity index (χ1v) is 22.9. The van der Waals surface area contributed by atoms with Crippen LogP contribution in [-0.4, -0.2) is 15.8 Å². The minimum absolute atomic E-state index is 0.0183. The van der Waals surface area contributed by atoms with Gasteiger partial charge in [0.25, 0.3) is 6.71 Å². The summed E-state index contributed by atoms with van der Waals surface area (Å²) in [7, 11) is 0. The van der Waals surface area contributed by atoms with E-state index >= 15 is 0 Å². The van der Waals surface area contributed by atoms with Gasteiger partial charge in [-0.25, -0.2) is 0 Å². The summed E-state index contributed by atoms with van der Waals surface area (Å²) >= 11 is 0. The molecule has 0 aliphatic carbocycles. The van der Waals surface area contributed by atoms with Gasteiger partial charge in [0, 0.05) is 55.7 Å². The van der Waals surface area contributed by atoms with Gasteiger partial charge in [0.15, 0.2) is 0 Å². The highest BCUT2D eigenvalue weighted by Crippen LogP contribution is 2.48. The smallest absolute Gasteiger partial charge is 0.252 e. The molecule has 0 spiro atoms. The third-order valence-corrected chi connectivity index (χ3v) is 14.4. The Morgan fingerprint density at radius 3 is 1.02 bits per heavy atom. The van der Waals surface area contributed by atoms with Crippen LogP contribution in [0.15, 0.2) is 176 Å². The van der Waals surface area contributed by atoms with Crippen molar-refractivity contribution < 1.29 is 0 Å². The van der Waals surface area contributed by atoms with Gasteiger partial charge in [-0.2, -0.15) is 0 Å². The molecule has 0 bridgehead atoms. The van der Waals surface area contributed by atoms with Gasteiger partial charge in [-0.15, -0.1) is 0 Å². The molecule has 0 radical (unpaired) electrons. The minimum Gasteiger partial charge on any atom is -0.311 e. The van der Waals surface area contributed by atoms with Crippen molar-refractivity contribution in [2.24, 2.45) is 0 Å². The maximum Gasteiger partial charge on any atom is 0.252 e. The number of anilines is 6. The van der Waals surface area contributed by atoms with Gasteiger partial charge in [0.2, 0.25) is 0 Å². The summed E-state index contributed by atoms with van der Waals surface area (Å²) in [6.07, 6.45) is 0. The van der Waals surface area contributed by atoms with Gasteiger partial charge < -0.3 is 18.9 Å². The summed E-state index contributed by atoms with van der Waals surface area (Å²) in [6, 6.07) is 66.3. The topological polar surface area (TPSA) is 16.3 Å². The highest BCUT2D eigenvalue weighted by Gasteiger charge is 2.44.